The Morgan fingerprint density at radius 2 is 1.97 bits per heavy atom. The summed E-state index contributed by atoms with van der Waals surface area (Å²) in [6.07, 6.45) is 3.18. The van der Waals surface area contributed by atoms with Gasteiger partial charge in [-0.3, -0.25) is 9.78 Å². The fraction of sp³-hybridized carbons (Fsp3) is 0.154. The fourth-order valence-corrected chi connectivity index (χ4v) is 4.70. The van der Waals surface area contributed by atoms with Gasteiger partial charge in [-0.1, -0.05) is 11.6 Å². The first-order valence-corrected chi connectivity index (χ1v) is 11.1. The Labute approximate surface area is 205 Å². The number of amides is 1. The lowest BCUT2D eigenvalue weighted by Crippen LogP contribution is -2.41. The molecular formula is C26H21ClFN3O4. The van der Waals surface area contributed by atoms with Gasteiger partial charge in [0.05, 0.1) is 19.8 Å². The number of aliphatic hydroxyl groups is 1. The van der Waals surface area contributed by atoms with Crippen molar-refractivity contribution in [1.29, 1.82) is 0 Å². The molecule has 4 aromatic rings. The number of fused-ring (bicyclic) bond motifs is 3. The molecule has 0 radical (unpaired) electrons. The van der Waals surface area contributed by atoms with Gasteiger partial charge in [-0.15, -0.1) is 0 Å². The van der Waals surface area contributed by atoms with Crippen molar-refractivity contribution in [3.05, 3.63) is 94.0 Å². The van der Waals surface area contributed by atoms with Crippen molar-refractivity contribution in [3.63, 3.8) is 0 Å². The molecule has 35 heavy (non-hydrogen) atoms. The normalized spacial score (nSPS) is 16.7. The van der Waals surface area contributed by atoms with E-state index in [1.54, 1.807) is 38.7 Å². The summed E-state index contributed by atoms with van der Waals surface area (Å²) in [5.74, 6) is 0.137. The number of benzene rings is 3. The van der Waals surface area contributed by atoms with Crippen molar-refractivity contribution >= 4 is 34.0 Å². The molecule has 1 aliphatic rings. The van der Waals surface area contributed by atoms with Crippen molar-refractivity contribution in [2.75, 3.05) is 19.5 Å². The van der Waals surface area contributed by atoms with E-state index in [9.17, 15) is 14.3 Å². The Morgan fingerprint density at radius 3 is 2.74 bits per heavy atom. The van der Waals surface area contributed by atoms with E-state index in [0.717, 1.165) is 17.0 Å². The Morgan fingerprint density at radius 1 is 1.14 bits per heavy atom. The highest BCUT2D eigenvalue weighted by Gasteiger charge is 2.47. The molecule has 2 heterocycles. The van der Waals surface area contributed by atoms with E-state index in [1.807, 2.05) is 18.2 Å². The van der Waals surface area contributed by atoms with Gasteiger partial charge in [-0.05, 0) is 47.9 Å². The lowest BCUT2D eigenvalue weighted by molar-refractivity contribution is 0.0478. The number of nitrogens with one attached hydrogen (secondary N) is 2. The highest BCUT2D eigenvalue weighted by atomic mass is 35.5. The fourth-order valence-electron chi connectivity index (χ4n) is 4.44. The van der Waals surface area contributed by atoms with Gasteiger partial charge in [0.2, 0.25) is 0 Å². The molecule has 0 aliphatic carbocycles. The van der Waals surface area contributed by atoms with E-state index >= 15 is 0 Å². The van der Waals surface area contributed by atoms with E-state index in [0.29, 0.717) is 29.1 Å². The molecule has 0 spiro atoms. The first-order chi connectivity index (χ1) is 16.9. The second-order valence-electron chi connectivity index (χ2n) is 8.09. The summed E-state index contributed by atoms with van der Waals surface area (Å²) in [4.78, 5) is 17.3. The van der Waals surface area contributed by atoms with Crippen LogP contribution in [0.15, 0.2) is 60.9 Å². The molecule has 5 rings (SSSR count). The van der Waals surface area contributed by atoms with Gasteiger partial charge >= 0.3 is 0 Å². The second-order valence-corrected chi connectivity index (χ2v) is 8.50. The molecule has 0 bridgehead atoms. The molecule has 1 aliphatic heterocycles. The van der Waals surface area contributed by atoms with Crippen molar-refractivity contribution < 1.29 is 23.8 Å². The summed E-state index contributed by atoms with van der Waals surface area (Å²) in [5, 5.41) is 19.1. The zero-order valence-corrected chi connectivity index (χ0v) is 19.6. The quantitative estimate of drug-likeness (QED) is 0.364. The topological polar surface area (TPSA) is 92.7 Å². The number of aromatic nitrogens is 1. The smallest absolute Gasteiger partial charge is 0.255 e. The third-order valence-electron chi connectivity index (χ3n) is 6.11. The average Bonchev–Trinajstić information content (AvgIpc) is 3.15. The van der Waals surface area contributed by atoms with Gasteiger partial charge in [0.15, 0.2) is 5.72 Å². The highest BCUT2D eigenvalue weighted by molar-refractivity contribution is 6.31. The van der Waals surface area contributed by atoms with Crippen LogP contribution in [0.1, 0.15) is 27.0 Å². The molecule has 1 atom stereocenters. The number of methoxy groups -OCH3 is 2. The van der Waals surface area contributed by atoms with Crippen LogP contribution in [0.25, 0.3) is 10.8 Å². The predicted molar refractivity (Wildman–Crippen MR) is 130 cm³/mol. The third-order valence-corrected chi connectivity index (χ3v) is 6.44. The largest absolute Gasteiger partial charge is 0.497 e. The molecule has 1 amide bonds. The van der Waals surface area contributed by atoms with Crippen molar-refractivity contribution in [3.8, 4) is 11.5 Å². The number of halogens is 2. The van der Waals surface area contributed by atoms with E-state index in [-0.39, 0.29) is 21.7 Å². The van der Waals surface area contributed by atoms with Crippen LogP contribution in [-0.4, -0.2) is 30.2 Å². The third kappa shape index (κ3) is 3.80. The van der Waals surface area contributed by atoms with Crippen LogP contribution >= 0.6 is 11.6 Å². The molecule has 9 heteroatoms. The van der Waals surface area contributed by atoms with Crippen LogP contribution in [0.3, 0.4) is 0 Å². The minimum atomic E-state index is -2.07. The number of ether oxygens (including phenoxy) is 2. The number of nitrogens with zero attached hydrogens (tertiary/aromatic N) is 1. The maximum atomic E-state index is 14.2. The molecule has 0 fully saturated rings. The van der Waals surface area contributed by atoms with Gasteiger partial charge in [-0.2, -0.15) is 0 Å². The summed E-state index contributed by atoms with van der Waals surface area (Å²) in [7, 11) is 3.13. The minimum absolute atomic E-state index is 0.0274. The zero-order chi connectivity index (χ0) is 24.7. The van der Waals surface area contributed by atoms with E-state index in [2.05, 4.69) is 15.6 Å². The van der Waals surface area contributed by atoms with Gasteiger partial charge in [0.25, 0.3) is 5.91 Å². The first kappa shape index (κ1) is 22.9. The van der Waals surface area contributed by atoms with Crippen molar-refractivity contribution in [2.45, 2.75) is 12.3 Å². The van der Waals surface area contributed by atoms with Crippen LogP contribution in [0.2, 0.25) is 5.02 Å². The number of pyridine rings is 1. The van der Waals surface area contributed by atoms with Gasteiger partial charge in [0, 0.05) is 57.8 Å². The van der Waals surface area contributed by atoms with Crippen molar-refractivity contribution in [1.82, 2.24) is 10.3 Å². The molecule has 1 aromatic heterocycles. The summed E-state index contributed by atoms with van der Waals surface area (Å²) < 4.78 is 24.9. The standard InChI is InChI=1S/C26H21ClFN3O4/c1-34-17-5-3-15(22(11-17)35-2)12-30-21-9-14-7-8-29-13-18(14)23-24(21)26(33,31-25(23)32)19-10-16(28)4-6-20(19)27/h3-11,13,30,33H,12H2,1-2H3,(H,31,32). The summed E-state index contributed by atoms with van der Waals surface area (Å²) in [5.41, 5.74) is -0.272. The summed E-state index contributed by atoms with van der Waals surface area (Å²) >= 11 is 6.35. The van der Waals surface area contributed by atoms with Crippen LogP contribution in [0.4, 0.5) is 10.1 Å². The number of rotatable bonds is 6. The number of hydrogen-bond acceptors (Lipinski definition) is 6. The van der Waals surface area contributed by atoms with Gasteiger partial charge < -0.3 is 25.2 Å². The molecule has 7 nitrogen and oxygen atoms in total. The molecule has 178 valence electrons. The monoisotopic (exact) mass is 493 g/mol. The Hall–Kier alpha value is -3.88. The molecule has 0 saturated carbocycles. The van der Waals surface area contributed by atoms with E-state index in [1.165, 1.54) is 12.1 Å². The molecule has 3 aromatic carbocycles. The average molecular weight is 494 g/mol. The van der Waals surface area contributed by atoms with Crippen LogP contribution in [-0.2, 0) is 12.3 Å². The summed E-state index contributed by atoms with van der Waals surface area (Å²) in [6.45, 7) is 0.303. The first-order valence-electron chi connectivity index (χ1n) is 10.7. The number of anilines is 1. The number of hydrogen-bond donors (Lipinski definition) is 3. The van der Waals surface area contributed by atoms with Gasteiger partial charge in [0.1, 0.15) is 17.3 Å². The van der Waals surface area contributed by atoms with Crippen LogP contribution < -0.4 is 20.1 Å². The highest BCUT2D eigenvalue weighted by Crippen LogP contribution is 2.45. The molecule has 3 N–H and O–H groups in total. The predicted octanol–water partition coefficient (Wildman–Crippen LogP) is 4.59. The van der Waals surface area contributed by atoms with Crippen LogP contribution in [0, 0.1) is 5.82 Å². The van der Waals surface area contributed by atoms with Crippen molar-refractivity contribution in [2.24, 2.45) is 0 Å². The Balaban J connectivity index is 1.68. The number of carbonyl (C=O) groups is 1. The lowest BCUT2D eigenvalue weighted by Gasteiger charge is -2.28. The maximum Gasteiger partial charge on any atom is 0.255 e. The second kappa shape index (κ2) is 8.72. The van der Waals surface area contributed by atoms with E-state index < -0.39 is 17.4 Å². The van der Waals surface area contributed by atoms with E-state index in [4.69, 9.17) is 21.1 Å². The molecular weight excluding hydrogens is 473 g/mol. The SMILES string of the molecule is COc1ccc(CNc2cc3ccncc3c3c2C(O)(c2cc(F)ccc2Cl)NC3=O)c(OC)c1. The number of carbonyl (C=O) groups excluding carboxylic acids is 1. The Bertz CT molecular complexity index is 1480. The molecule has 1 unspecified atom stereocenters. The zero-order valence-electron chi connectivity index (χ0n) is 18.9. The maximum absolute atomic E-state index is 14.2. The summed E-state index contributed by atoms with van der Waals surface area (Å²) in [6, 6.07) is 12.7. The lowest BCUT2D eigenvalue weighted by atomic mass is 9.90. The Kier molecular flexibility index (Phi) is 5.70. The van der Waals surface area contributed by atoms with Gasteiger partial charge in [-0.25, -0.2) is 4.39 Å². The molecule has 0 saturated heterocycles. The van der Waals surface area contributed by atoms with Crippen LogP contribution in [0.5, 0.6) is 11.5 Å². The minimum Gasteiger partial charge on any atom is -0.497 e.